The Morgan fingerprint density at radius 3 is 2.73 bits per heavy atom. The molecule has 7 heteroatoms. The van der Waals surface area contributed by atoms with E-state index < -0.39 is 0 Å². The van der Waals surface area contributed by atoms with Crippen LogP contribution in [-0.4, -0.2) is 50.3 Å². The van der Waals surface area contributed by atoms with Crippen molar-refractivity contribution in [2.24, 2.45) is 4.99 Å². The van der Waals surface area contributed by atoms with Gasteiger partial charge in [-0.05, 0) is 36.1 Å². The number of aliphatic imine (C=N–C) groups is 1. The van der Waals surface area contributed by atoms with E-state index in [0.29, 0.717) is 37.1 Å². The van der Waals surface area contributed by atoms with Crippen molar-refractivity contribution in [2.75, 3.05) is 33.3 Å². The van der Waals surface area contributed by atoms with E-state index in [9.17, 15) is 4.39 Å². The highest BCUT2D eigenvalue weighted by Gasteiger charge is 2.16. The van der Waals surface area contributed by atoms with Crippen LogP contribution in [0.2, 0.25) is 0 Å². The van der Waals surface area contributed by atoms with E-state index in [4.69, 9.17) is 4.74 Å². The number of hydrogen-bond acceptors (Lipinski definition) is 3. The van der Waals surface area contributed by atoms with E-state index in [1.54, 1.807) is 13.1 Å². The third-order valence-electron chi connectivity index (χ3n) is 5.05. The fourth-order valence-corrected chi connectivity index (χ4v) is 3.55. The van der Waals surface area contributed by atoms with Crippen LogP contribution in [0.4, 0.5) is 4.39 Å². The number of nitrogens with one attached hydrogen (secondary N) is 2. The Hall–Kier alpha value is -1.71. The highest BCUT2D eigenvalue weighted by molar-refractivity contribution is 14.0. The summed E-state index contributed by atoms with van der Waals surface area (Å²) in [4.78, 5) is 6.69. The van der Waals surface area contributed by atoms with Crippen molar-refractivity contribution >= 4 is 29.9 Å². The number of rotatable bonds is 7. The van der Waals surface area contributed by atoms with Gasteiger partial charge in [0.05, 0.1) is 12.7 Å². The van der Waals surface area contributed by atoms with Gasteiger partial charge in [0.1, 0.15) is 5.82 Å². The quantitative estimate of drug-likeness (QED) is 0.329. The van der Waals surface area contributed by atoms with Crippen molar-refractivity contribution in [2.45, 2.75) is 32.5 Å². The zero-order valence-corrected chi connectivity index (χ0v) is 20.1. The summed E-state index contributed by atoms with van der Waals surface area (Å²) in [6.45, 7) is 7.13. The van der Waals surface area contributed by atoms with Gasteiger partial charge in [-0.3, -0.25) is 9.89 Å². The molecule has 1 heterocycles. The molecule has 1 aliphatic rings. The van der Waals surface area contributed by atoms with Gasteiger partial charge in [0.25, 0.3) is 0 Å². The molecule has 2 aromatic carbocycles. The lowest BCUT2D eigenvalue weighted by Crippen LogP contribution is -2.40. The van der Waals surface area contributed by atoms with Crippen LogP contribution in [0.3, 0.4) is 0 Å². The molecule has 0 bridgehead atoms. The molecule has 30 heavy (non-hydrogen) atoms. The number of morpholine rings is 1. The minimum Gasteiger partial charge on any atom is -0.376 e. The highest BCUT2D eigenvalue weighted by atomic mass is 127. The first kappa shape index (κ1) is 24.6. The first-order valence-corrected chi connectivity index (χ1v) is 10.2. The maximum absolute atomic E-state index is 13.7. The molecule has 1 aliphatic heterocycles. The fourth-order valence-electron chi connectivity index (χ4n) is 3.55. The molecule has 2 N–H and O–H groups in total. The normalized spacial score (nSPS) is 17.3. The smallest absolute Gasteiger partial charge is 0.191 e. The number of ether oxygens (including phenoxy) is 1. The lowest BCUT2D eigenvalue weighted by Gasteiger charge is -2.31. The Kier molecular flexibility index (Phi) is 10.5. The molecule has 1 unspecified atom stereocenters. The lowest BCUT2D eigenvalue weighted by molar-refractivity contribution is -0.0212. The molecule has 0 aromatic heterocycles. The molecule has 1 atom stereocenters. The zero-order valence-electron chi connectivity index (χ0n) is 17.7. The molecule has 164 valence electrons. The van der Waals surface area contributed by atoms with Gasteiger partial charge in [-0.15, -0.1) is 24.0 Å². The van der Waals surface area contributed by atoms with Crippen LogP contribution in [-0.2, 0) is 24.2 Å². The summed E-state index contributed by atoms with van der Waals surface area (Å²) in [5.41, 5.74) is 3.22. The van der Waals surface area contributed by atoms with Crippen molar-refractivity contribution in [3.8, 4) is 0 Å². The number of guanidine groups is 1. The van der Waals surface area contributed by atoms with E-state index in [0.717, 1.165) is 26.2 Å². The van der Waals surface area contributed by atoms with Crippen molar-refractivity contribution in [3.05, 3.63) is 71.0 Å². The van der Waals surface area contributed by atoms with E-state index in [1.807, 2.05) is 12.1 Å². The van der Waals surface area contributed by atoms with Crippen LogP contribution in [0.1, 0.15) is 23.6 Å². The van der Waals surface area contributed by atoms with Gasteiger partial charge in [0.15, 0.2) is 5.96 Å². The van der Waals surface area contributed by atoms with Gasteiger partial charge in [0.2, 0.25) is 0 Å². The Balaban J connectivity index is 0.00000320. The second-order valence-corrected chi connectivity index (χ2v) is 7.43. The first-order valence-electron chi connectivity index (χ1n) is 10.2. The Morgan fingerprint density at radius 1 is 1.17 bits per heavy atom. The van der Waals surface area contributed by atoms with Gasteiger partial charge in [-0.2, -0.15) is 0 Å². The predicted molar refractivity (Wildman–Crippen MR) is 131 cm³/mol. The molecule has 0 spiro atoms. The van der Waals surface area contributed by atoms with Crippen molar-refractivity contribution in [3.63, 3.8) is 0 Å². The predicted octanol–water partition coefficient (Wildman–Crippen LogP) is 3.57. The van der Waals surface area contributed by atoms with Gasteiger partial charge in [0, 0.05) is 39.8 Å². The molecule has 0 radical (unpaired) electrons. The van der Waals surface area contributed by atoms with E-state index in [-0.39, 0.29) is 29.8 Å². The van der Waals surface area contributed by atoms with E-state index in [1.165, 1.54) is 17.2 Å². The van der Waals surface area contributed by atoms with E-state index in [2.05, 4.69) is 51.7 Å². The minimum atomic E-state index is -0.163. The number of hydrogen-bond donors (Lipinski definition) is 2. The largest absolute Gasteiger partial charge is 0.376 e. The topological polar surface area (TPSA) is 48.9 Å². The third kappa shape index (κ3) is 7.85. The van der Waals surface area contributed by atoms with Crippen molar-refractivity contribution < 1.29 is 9.13 Å². The molecule has 2 aromatic rings. The minimum absolute atomic E-state index is 0. The van der Waals surface area contributed by atoms with E-state index >= 15 is 0 Å². The molecule has 0 aliphatic carbocycles. The molecule has 0 saturated carbocycles. The molecule has 1 saturated heterocycles. The Labute approximate surface area is 196 Å². The first-order chi connectivity index (χ1) is 14.1. The van der Waals surface area contributed by atoms with Gasteiger partial charge in [-0.1, -0.05) is 42.5 Å². The summed E-state index contributed by atoms with van der Waals surface area (Å²) in [5, 5.41) is 6.59. The van der Waals surface area contributed by atoms with Crippen LogP contribution in [0.15, 0.2) is 53.5 Å². The highest BCUT2D eigenvalue weighted by Crippen LogP contribution is 2.12. The van der Waals surface area contributed by atoms with Crippen LogP contribution in [0, 0.1) is 5.82 Å². The molecule has 1 fully saturated rings. The summed E-state index contributed by atoms with van der Waals surface area (Å²) in [6, 6.07) is 15.5. The summed E-state index contributed by atoms with van der Waals surface area (Å²) in [5.74, 6) is 0.553. The molecule has 3 rings (SSSR count). The second-order valence-electron chi connectivity index (χ2n) is 7.43. The summed E-state index contributed by atoms with van der Waals surface area (Å²) >= 11 is 0. The molecular weight excluding hydrogens is 494 g/mol. The Bertz CT molecular complexity index is 817. The average molecular weight is 526 g/mol. The monoisotopic (exact) mass is 526 g/mol. The summed E-state index contributed by atoms with van der Waals surface area (Å²) < 4.78 is 19.3. The zero-order chi connectivity index (χ0) is 20.5. The van der Waals surface area contributed by atoms with Crippen molar-refractivity contribution in [1.29, 1.82) is 0 Å². The standard InChI is InChI=1S/C23H31FN4O.HI/c1-18-16-28(12-13-29-18)17-20-7-5-6-19(14-20)15-27-23(25-2)26-11-10-21-8-3-4-9-22(21)24;/h3-9,14,18H,10-13,15-17H2,1-2H3,(H2,25,26,27);1H. The Morgan fingerprint density at radius 2 is 1.97 bits per heavy atom. The van der Waals surface area contributed by atoms with Gasteiger partial charge >= 0.3 is 0 Å². The van der Waals surface area contributed by atoms with Crippen LogP contribution in [0.25, 0.3) is 0 Å². The number of halogens is 2. The van der Waals surface area contributed by atoms with Gasteiger partial charge < -0.3 is 15.4 Å². The third-order valence-corrected chi connectivity index (χ3v) is 5.05. The summed E-state index contributed by atoms with van der Waals surface area (Å²) in [6.07, 6.45) is 0.910. The SMILES string of the molecule is CN=C(NCCc1ccccc1F)NCc1cccc(CN2CCOC(C)C2)c1.I. The van der Waals surface area contributed by atoms with Crippen molar-refractivity contribution in [1.82, 2.24) is 15.5 Å². The number of benzene rings is 2. The summed E-state index contributed by atoms with van der Waals surface area (Å²) in [7, 11) is 1.74. The van der Waals surface area contributed by atoms with Gasteiger partial charge in [-0.25, -0.2) is 4.39 Å². The van der Waals surface area contributed by atoms with Crippen LogP contribution in [0.5, 0.6) is 0 Å². The second kappa shape index (κ2) is 12.9. The number of nitrogens with zero attached hydrogens (tertiary/aromatic N) is 2. The maximum Gasteiger partial charge on any atom is 0.191 e. The van der Waals surface area contributed by atoms with Crippen LogP contribution >= 0.6 is 24.0 Å². The average Bonchev–Trinajstić information content (AvgIpc) is 2.72. The molecule has 5 nitrogen and oxygen atoms in total. The molecular formula is C23H32FIN4O. The van der Waals surface area contributed by atoms with Crippen LogP contribution < -0.4 is 10.6 Å². The fraction of sp³-hybridized carbons (Fsp3) is 0.435. The maximum atomic E-state index is 13.7. The molecule has 0 amide bonds. The lowest BCUT2D eigenvalue weighted by atomic mass is 10.1.